The molecule has 0 N–H and O–H groups in total. The van der Waals surface area contributed by atoms with Crippen molar-refractivity contribution >= 4 is 32.3 Å². The van der Waals surface area contributed by atoms with Crippen molar-refractivity contribution in [2.75, 3.05) is 0 Å². The second-order valence-electron chi connectivity index (χ2n) is 5.17. The summed E-state index contributed by atoms with van der Waals surface area (Å²) in [5.41, 5.74) is 2.52. The smallest absolute Gasteiger partial charge is 0.187 e. The molecule has 0 fully saturated rings. The fourth-order valence-electron chi connectivity index (χ4n) is 3.48. The van der Waals surface area contributed by atoms with E-state index in [4.69, 9.17) is 0 Å². The second-order valence-corrected chi connectivity index (χ2v) is 5.17. The molecular formula is C18H9O. The van der Waals surface area contributed by atoms with Crippen LogP contribution in [0.15, 0.2) is 54.6 Å². The molecule has 0 amide bonds. The van der Waals surface area contributed by atoms with E-state index in [0.717, 1.165) is 16.2 Å². The minimum Gasteiger partial charge on any atom is -0.289 e. The molecule has 1 aliphatic rings. The van der Waals surface area contributed by atoms with E-state index in [-0.39, 0.29) is 5.75 Å². The number of hydrogen-bond acceptors (Lipinski definition) is 0. The van der Waals surface area contributed by atoms with E-state index in [1.54, 1.807) is 6.07 Å². The van der Waals surface area contributed by atoms with Crippen LogP contribution >= 0.6 is 0 Å². The van der Waals surface area contributed by atoms with Crippen LogP contribution in [-0.2, 0) is 5.11 Å². The first-order valence-electron chi connectivity index (χ1n) is 6.43. The van der Waals surface area contributed by atoms with Gasteiger partial charge in [0.2, 0.25) is 0 Å². The van der Waals surface area contributed by atoms with Gasteiger partial charge in [0.15, 0.2) is 5.75 Å². The Hall–Kier alpha value is -2.54. The van der Waals surface area contributed by atoms with Crippen LogP contribution in [-0.4, -0.2) is 0 Å². The lowest BCUT2D eigenvalue weighted by Crippen LogP contribution is -1.77. The first-order chi connectivity index (χ1) is 9.34. The summed E-state index contributed by atoms with van der Waals surface area (Å²) in [6, 6.07) is 18.4. The maximum atomic E-state index is 12.3. The Morgan fingerprint density at radius 1 is 0.632 bits per heavy atom. The predicted octanol–water partition coefficient (Wildman–Crippen LogP) is 5.27. The van der Waals surface area contributed by atoms with Crippen molar-refractivity contribution in [3.63, 3.8) is 0 Å². The summed E-state index contributed by atoms with van der Waals surface area (Å²) >= 11 is 0. The van der Waals surface area contributed by atoms with Gasteiger partial charge in [-0.25, -0.2) is 0 Å². The third-order valence-corrected chi connectivity index (χ3v) is 4.23. The molecule has 0 aliphatic heterocycles. The highest BCUT2D eigenvalue weighted by Gasteiger charge is 2.21. The zero-order valence-electron chi connectivity index (χ0n) is 10.1. The molecule has 1 aliphatic carbocycles. The van der Waals surface area contributed by atoms with Crippen molar-refractivity contribution in [3.8, 4) is 16.9 Å². The molecule has 4 aromatic carbocycles. The van der Waals surface area contributed by atoms with Gasteiger partial charge in [-0.3, -0.25) is 5.11 Å². The maximum absolute atomic E-state index is 12.3. The molecule has 1 heteroatoms. The lowest BCUT2D eigenvalue weighted by Gasteiger charge is -2.04. The first-order valence-corrected chi connectivity index (χ1v) is 6.43. The molecule has 0 saturated heterocycles. The molecule has 0 atom stereocenters. The summed E-state index contributed by atoms with van der Waals surface area (Å²) in [6.07, 6.45) is 0. The van der Waals surface area contributed by atoms with E-state index in [1.165, 1.54) is 27.3 Å². The standard InChI is InChI=1S/C18H9O/c19-15-9-11-4-2-6-13-12-5-1-3-10-7-8-14(15)18(16(10)12)17(11)13/h1-9H. The minimum atomic E-state index is 0.123. The lowest BCUT2D eigenvalue weighted by atomic mass is 10.00. The molecule has 0 unspecified atom stereocenters. The highest BCUT2D eigenvalue weighted by Crippen LogP contribution is 2.49. The largest absolute Gasteiger partial charge is 0.289 e. The molecule has 4 aromatic rings. The van der Waals surface area contributed by atoms with Gasteiger partial charge in [0.25, 0.3) is 0 Å². The van der Waals surface area contributed by atoms with Crippen molar-refractivity contribution in [3.05, 3.63) is 54.6 Å². The van der Waals surface area contributed by atoms with Crippen molar-refractivity contribution in [2.45, 2.75) is 0 Å². The van der Waals surface area contributed by atoms with Gasteiger partial charge in [0, 0.05) is 10.8 Å². The monoisotopic (exact) mass is 241 g/mol. The fourth-order valence-corrected chi connectivity index (χ4v) is 3.48. The predicted molar refractivity (Wildman–Crippen MR) is 78.1 cm³/mol. The van der Waals surface area contributed by atoms with Gasteiger partial charge in [-0.1, -0.05) is 42.5 Å². The van der Waals surface area contributed by atoms with Gasteiger partial charge >= 0.3 is 0 Å². The summed E-state index contributed by atoms with van der Waals surface area (Å²) < 4.78 is 0. The first kappa shape index (κ1) is 9.40. The fraction of sp³-hybridized carbons (Fsp3) is 0. The van der Waals surface area contributed by atoms with E-state index in [9.17, 15) is 5.11 Å². The van der Waals surface area contributed by atoms with Gasteiger partial charge in [-0.15, -0.1) is 0 Å². The Balaban J connectivity index is 2.30. The van der Waals surface area contributed by atoms with Gasteiger partial charge in [0.1, 0.15) is 0 Å². The highest BCUT2D eigenvalue weighted by atomic mass is 16.3. The summed E-state index contributed by atoms with van der Waals surface area (Å²) in [6.45, 7) is 0. The summed E-state index contributed by atoms with van der Waals surface area (Å²) in [5, 5.41) is 19.0. The normalized spacial score (nSPS) is 12.4. The Kier molecular flexibility index (Phi) is 1.43. The van der Waals surface area contributed by atoms with Gasteiger partial charge in [0.05, 0.1) is 0 Å². The Morgan fingerprint density at radius 2 is 1.32 bits per heavy atom. The van der Waals surface area contributed by atoms with E-state index in [1.807, 2.05) is 18.2 Å². The van der Waals surface area contributed by atoms with Crippen LogP contribution in [0.1, 0.15) is 0 Å². The SMILES string of the molecule is [O]c1cc2cccc3c2c2c1ccc1cccc-3c12. The zero-order chi connectivity index (χ0) is 12.6. The van der Waals surface area contributed by atoms with Crippen LogP contribution in [0.25, 0.3) is 43.4 Å². The van der Waals surface area contributed by atoms with Crippen molar-refractivity contribution in [1.29, 1.82) is 0 Å². The average Bonchev–Trinajstić information content (AvgIpc) is 2.78. The van der Waals surface area contributed by atoms with Crippen molar-refractivity contribution < 1.29 is 5.11 Å². The lowest BCUT2D eigenvalue weighted by molar-refractivity contribution is 0.361. The molecule has 0 spiro atoms. The maximum Gasteiger partial charge on any atom is 0.187 e. The molecule has 19 heavy (non-hydrogen) atoms. The van der Waals surface area contributed by atoms with E-state index < -0.39 is 0 Å². The third-order valence-electron chi connectivity index (χ3n) is 4.23. The van der Waals surface area contributed by atoms with Crippen molar-refractivity contribution in [1.82, 2.24) is 0 Å². The molecule has 0 bridgehead atoms. The van der Waals surface area contributed by atoms with Crippen molar-refractivity contribution in [2.24, 2.45) is 0 Å². The van der Waals surface area contributed by atoms with Crippen LogP contribution < -0.4 is 0 Å². The molecule has 0 aromatic heterocycles. The quantitative estimate of drug-likeness (QED) is 0.329. The number of fused-ring (bicyclic) bond motifs is 1. The molecule has 1 radical (unpaired) electrons. The Morgan fingerprint density at radius 3 is 2.11 bits per heavy atom. The van der Waals surface area contributed by atoms with Gasteiger partial charge in [-0.2, -0.15) is 0 Å². The van der Waals surface area contributed by atoms with Crippen LogP contribution in [0.3, 0.4) is 0 Å². The number of rotatable bonds is 0. The van der Waals surface area contributed by atoms with E-state index in [0.29, 0.717) is 0 Å². The topological polar surface area (TPSA) is 19.9 Å². The Labute approximate surface area is 109 Å². The minimum absolute atomic E-state index is 0.123. The highest BCUT2D eigenvalue weighted by molar-refractivity contribution is 6.33. The Bertz CT molecular complexity index is 991. The second kappa shape index (κ2) is 2.89. The molecule has 0 heterocycles. The molecule has 87 valence electrons. The number of hydrogen-bond donors (Lipinski definition) is 0. The summed E-state index contributed by atoms with van der Waals surface area (Å²) in [7, 11) is 0. The summed E-state index contributed by atoms with van der Waals surface area (Å²) in [4.78, 5) is 0. The van der Waals surface area contributed by atoms with Crippen LogP contribution in [0.5, 0.6) is 5.75 Å². The summed E-state index contributed by atoms with van der Waals surface area (Å²) in [5.74, 6) is 0.123. The zero-order valence-corrected chi connectivity index (χ0v) is 10.1. The molecule has 1 nitrogen and oxygen atoms in total. The van der Waals surface area contributed by atoms with Gasteiger partial charge < -0.3 is 0 Å². The van der Waals surface area contributed by atoms with E-state index in [2.05, 4.69) is 30.3 Å². The van der Waals surface area contributed by atoms with E-state index >= 15 is 0 Å². The molecule has 0 saturated carbocycles. The molecular weight excluding hydrogens is 232 g/mol. The third kappa shape index (κ3) is 0.944. The number of benzene rings is 4. The molecule has 5 rings (SSSR count). The average molecular weight is 241 g/mol. The van der Waals surface area contributed by atoms with Crippen LogP contribution in [0, 0.1) is 0 Å². The van der Waals surface area contributed by atoms with Crippen LogP contribution in [0.4, 0.5) is 0 Å². The van der Waals surface area contributed by atoms with Crippen LogP contribution in [0.2, 0.25) is 0 Å². The van der Waals surface area contributed by atoms with Gasteiger partial charge in [-0.05, 0) is 44.8 Å².